The maximum atomic E-state index is 13.8. The zero-order valence-corrected chi connectivity index (χ0v) is 20.2. The predicted molar refractivity (Wildman–Crippen MR) is 130 cm³/mol. The Morgan fingerprint density at radius 1 is 1.06 bits per heavy atom. The molecule has 0 N–H and O–H groups in total. The fraction of sp³-hybridized carbons (Fsp3) is 0.231. The summed E-state index contributed by atoms with van der Waals surface area (Å²) in [4.78, 5) is 45.9. The molecule has 0 saturated carbocycles. The predicted octanol–water partition coefficient (Wildman–Crippen LogP) is 5.02. The molecule has 0 bridgehead atoms. The van der Waals surface area contributed by atoms with Crippen molar-refractivity contribution in [3.8, 4) is 0 Å². The van der Waals surface area contributed by atoms with Gasteiger partial charge in [-0.05, 0) is 56.5 Å². The lowest BCUT2D eigenvalue weighted by atomic mass is 9.97. The molecule has 1 amide bonds. The maximum Gasteiger partial charge on any atom is 0.350 e. The van der Waals surface area contributed by atoms with Gasteiger partial charge in [0.25, 0.3) is 5.91 Å². The zero-order chi connectivity index (χ0) is 24.3. The van der Waals surface area contributed by atoms with Gasteiger partial charge in [-0.15, -0.1) is 0 Å². The van der Waals surface area contributed by atoms with E-state index in [9.17, 15) is 14.4 Å². The van der Waals surface area contributed by atoms with E-state index in [1.807, 2.05) is 45.0 Å². The summed E-state index contributed by atoms with van der Waals surface area (Å²) < 4.78 is 10.9. The number of carbonyl (C=O) groups excluding carboxylic acids is 2. The summed E-state index contributed by atoms with van der Waals surface area (Å²) in [5, 5.41) is 0.731. The van der Waals surface area contributed by atoms with Gasteiger partial charge in [0.1, 0.15) is 10.5 Å². The first-order chi connectivity index (χ1) is 16.2. The van der Waals surface area contributed by atoms with Gasteiger partial charge in [-0.2, -0.15) is 0 Å². The van der Waals surface area contributed by atoms with Crippen molar-refractivity contribution in [3.05, 3.63) is 90.8 Å². The van der Waals surface area contributed by atoms with Crippen LogP contribution in [0.3, 0.4) is 0 Å². The quantitative estimate of drug-likeness (QED) is 0.387. The standard InChI is InChI=1S/C26H22N2O5S/c1-12-6-8-16(9-7-12)20-19-21(29)17-10-13(2)14(3)11-18(17)33-22(19)24(30)28(20)26-27-15(4)23(34-26)25(31)32-5/h6-11,20H,1-5H3/t20-/m1/s1. The lowest BCUT2D eigenvalue weighted by Crippen LogP contribution is -2.29. The van der Waals surface area contributed by atoms with Gasteiger partial charge in [0.05, 0.1) is 29.8 Å². The number of anilines is 1. The van der Waals surface area contributed by atoms with E-state index in [1.54, 1.807) is 19.1 Å². The normalized spacial score (nSPS) is 15.1. The molecule has 2 aromatic heterocycles. The third-order valence-corrected chi connectivity index (χ3v) is 7.38. The zero-order valence-electron chi connectivity index (χ0n) is 19.4. The second-order valence-electron chi connectivity index (χ2n) is 8.50. The number of hydrogen-bond acceptors (Lipinski definition) is 7. The molecule has 1 aliphatic rings. The lowest BCUT2D eigenvalue weighted by Gasteiger charge is -2.22. The van der Waals surface area contributed by atoms with E-state index >= 15 is 0 Å². The number of benzene rings is 2. The Morgan fingerprint density at radius 2 is 1.74 bits per heavy atom. The number of esters is 1. The van der Waals surface area contributed by atoms with Crippen LogP contribution in [0.1, 0.15) is 59.8 Å². The Balaban J connectivity index is 1.79. The van der Waals surface area contributed by atoms with Crippen molar-refractivity contribution >= 4 is 39.3 Å². The Labute approximate surface area is 199 Å². The molecule has 0 spiro atoms. The average molecular weight is 475 g/mol. The lowest BCUT2D eigenvalue weighted by molar-refractivity contribution is 0.0605. The van der Waals surface area contributed by atoms with Crippen LogP contribution in [0.4, 0.5) is 5.13 Å². The van der Waals surface area contributed by atoms with E-state index in [1.165, 1.54) is 12.0 Å². The molecule has 0 fully saturated rings. The molecule has 1 aliphatic heterocycles. The third-order valence-electron chi connectivity index (χ3n) is 6.24. The van der Waals surface area contributed by atoms with Crippen molar-refractivity contribution in [2.45, 2.75) is 33.7 Å². The minimum Gasteiger partial charge on any atom is -0.465 e. The highest BCUT2D eigenvalue weighted by atomic mass is 32.1. The molecule has 8 heteroatoms. The van der Waals surface area contributed by atoms with Crippen LogP contribution in [-0.2, 0) is 4.74 Å². The highest BCUT2D eigenvalue weighted by Crippen LogP contribution is 2.43. The fourth-order valence-corrected chi connectivity index (χ4v) is 5.27. The van der Waals surface area contributed by atoms with Crippen LogP contribution in [0, 0.1) is 27.7 Å². The van der Waals surface area contributed by atoms with Crippen molar-refractivity contribution in [1.29, 1.82) is 0 Å². The fourth-order valence-electron chi connectivity index (χ4n) is 4.26. The Bertz CT molecular complexity index is 1550. The molecule has 0 radical (unpaired) electrons. The molecular formula is C26H22N2O5S. The molecule has 1 atom stereocenters. The van der Waals surface area contributed by atoms with Crippen LogP contribution in [0.15, 0.2) is 45.6 Å². The minimum absolute atomic E-state index is 0.00111. The van der Waals surface area contributed by atoms with E-state index in [0.717, 1.165) is 33.6 Å². The second-order valence-corrected chi connectivity index (χ2v) is 9.48. The van der Waals surface area contributed by atoms with Crippen molar-refractivity contribution in [3.63, 3.8) is 0 Å². The molecule has 172 valence electrons. The van der Waals surface area contributed by atoms with Gasteiger partial charge in [-0.1, -0.05) is 41.2 Å². The van der Waals surface area contributed by atoms with Crippen molar-refractivity contribution in [2.24, 2.45) is 0 Å². The van der Waals surface area contributed by atoms with Gasteiger partial charge < -0.3 is 9.15 Å². The molecule has 5 rings (SSSR count). The number of ether oxygens (including phenoxy) is 1. The number of hydrogen-bond donors (Lipinski definition) is 0. The van der Waals surface area contributed by atoms with Crippen LogP contribution in [0.25, 0.3) is 11.0 Å². The van der Waals surface area contributed by atoms with E-state index in [4.69, 9.17) is 9.15 Å². The van der Waals surface area contributed by atoms with E-state index in [-0.39, 0.29) is 16.8 Å². The molecule has 0 aliphatic carbocycles. The van der Waals surface area contributed by atoms with Crippen LogP contribution < -0.4 is 10.3 Å². The molecule has 3 heterocycles. The van der Waals surface area contributed by atoms with Crippen molar-refractivity contribution in [2.75, 3.05) is 12.0 Å². The molecule has 34 heavy (non-hydrogen) atoms. The molecule has 0 saturated heterocycles. The second kappa shape index (κ2) is 7.92. The summed E-state index contributed by atoms with van der Waals surface area (Å²) in [6.45, 7) is 7.51. The number of amides is 1. The molecule has 4 aromatic rings. The van der Waals surface area contributed by atoms with Gasteiger partial charge in [0, 0.05) is 0 Å². The number of carbonyl (C=O) groups is 2. The number of rotatable bonds is 3. The highest BCUT2D eigenvalue weighted by molar-refractivity contribution is 7.17. The monoisotopic (exact) mass is 474 g/mol. The minimum atomic E-state index is -0.735. The van der Waals surface area contributed by atoms with Crippen molar-refractivity contribution < 1.29 is 18.7 Å². The average Bonchev–Trinajstić information content (AvgIpc) is 3.33. The number of thiazole rings is 1. The first kappa shape index (κ1) is 22.0. The van der Waals surface area contributed by atoms with E-state index in [2.05, 4.69) is 4.98 Å². The molecule has 2 aromatic carbocycles. The number of fused-ring (bicyclic) bond motifs is 2. The summed E-state index contributed by atoms with van der Waals surface area (Å²) in [7, 11) is 1.30. The Morgan fingerprint density at radius 3 is 2.41 bits per heavy atom. The summed E-state index contributed by atoms with van der Waals surface area (Å²) in [5.74, 6) is -0.995. The van der Waals surface area contributed by atoms with Gasteiger partial charge in [-0.3, -0.25) is 14.5 Å². The molecule has 0 unspecified atom stereocenters. The van der Waals surface area contributed by atoms with Gasteiger partial charge in [0.15, 0.2) is 10.6 Å². The summed E-state index contributed by atoms with van der Waals surface area (Å²) in [6, 6.07) is 10.5. The summed E-state index contributed by atoms with van der Waals surface area (Å²) in [6.07, 6.45) is 0. The van der Waals surface area contributed by atoms with Crippen LogP contribution in [0.2, 0.25) is 0 Å². The highest BCUT2D eigenvalue weighted by Gasteiger charge is 2.45. The third kappa shape index (κ3) is 3.25. The molecular weight excluding hydrogens is 452 g/mol. The maximum absolute atomic E-state index is 13.8. The SMILES string of the molecule is COC(=O)c1sc(N2C(=O)c3oc4cc(C)c(C)cc4c(=O)c3[C@H]2c2ccc(C)cc2)nc1C. The smallest absolute Gasteiger partial charge is 0.350 e. The number of aryl methyl sites for hydroxylation is 4. The van der Waals surface area contributed by atoms with Crippen molar-refractivity contribution in [1.82, 2.24) is 4.98 Å². The number of nitrogens with zero attached hydrogens (tertiary/aromatic N) is 2. The number of aromatic nitrogens is 1. The van der Waals surface area contributed by atoms with Gasteiger partial charge in [-0.25, -0.2) is 9.78 Å². The largest absolute Gasteiger partial charge is 0.465 e. The van der Waals surface area contributed by atoms with Gasteiger partial charge >= 0.3 is 5.97 Å². The first-order valence-corrected chi connectivity index (χ1v) is 11.6. The Kier molecular flexibility index (Phi) is 5.13. The van der Waals surface area contributed by atoms with Gasteiger partial charge in [0.2, 0.25) is 5.76 Å². The first-order valence-electron chi connectivity index (χ1n) is 10.7. The van der Waals surface area contributed by atoms with E-state index in [0.29, 0.717) is 26.7 Å². The van der Waals surface area contributed by atoms with Crippen LogP contribution >= 0.6 is 11.3 Å². The Hall–Kier alpha value is -3.78. The summed E-state index contributed by atoms with van der Waals surface area (Å²) in [5.41, 5.74) is 4.58. The topological polar surface area (TPSA) is 89.7 Å². The van der Waals surface area contributed by atoms with Crippen LogP contribution in [0.5, 0.6) is 0 Å². The number of methoxy groups -OCH3 is 1. The van der Waals surface area contributed by atoms with E-state index < -0.39 is 17.9 Å². The summed E-state index contributed by atoms with van der Waals surface area (Å²) >= 11 is 1.06. The van der Waals surface area contributed by atoms with Crippen LogP contribution in [-0.4, -0.2) is 24.0 Å². The molecule has 7 nitrogen and oxygen atoms in total.